The molecule has 0 aliphatic heterocycles. The van der Waals surface area contributed by atoms with E-state index in [1.165, 1.54) is 0 Å². The number of rotatable bonds is 4. The van der Waals surface area contributed by atoms with Gasteiger partial charge in [-0.1, -0.05) is 24.3 Å². The number of ketones is 1. The Hall–Kier alpha value is -2.29. The number of carbonyl (C=O) groups is 1. The zero-order valence-electron chi connectivity index (χ0n) is 12.0. The van der Waals surface area contributed by atoms with Gasteiger partial charge in [-0.3, -0.25) is 4.79 Å². The Morgan fingerprint density at radius 2 is 1.80 bits per heavy atom. The van der Waals surface area contributed by atoms with E-state index in [1.807, 2.05) is 39.0 Å². The Morgan fingerprint density at radius 3 is 2.45 bits per heavy atom. The van der Waals surface area contributed by atoms with Gasteiger partial charge in [0.2, 0.25) is 0 Å². The van der Waals surface area contributed by atoms with Gasteiger partial charge in [0.1, 0.15) is 5.75 Å². The molecule has 0 aromatic heterocycles. The molecular weight excluding hydrogens is 250 g/mol. The second kappa shape index (κ2) is 5.78. The van der Waals surface area contributed by atoms with Crippen LogP contribution in [0.5, 0.6) is 5.75 Å². The van der Waals surface area contributed by atoms with Gasteiger partial charge in [0.05, 0.1) is 6.10 Å². The summed E-state index contributed by atoms with van der Waals surface area (Å²) < 4.78 is 5.61. The number of hydrogen-bond donors (Lipinski definition) is 1. The van der Waals surface area contributed by atoms with Crippen molar-refractivity contribution in [3.05, 3.63) is 59.2 Å². The third-order valence-corrected chi connectivity index (χ3v) is 3.01. The summed E-state index contributed by atoms with van der Waals surface area (Å²) in [6.07, 6.45) is 0.0790. The molecule has 2 N–H and O–H groups in total. The van der Waals surface area contributed by atoms with E-state index in [2.05, 4.69) is 0 Å². The molecule has 0 aliphatic carbocycles. The SMILES string of the molecule is Cc1ccc(C(=O)c2cccc(OC(C)C)c2)cc1N. The third-order valence-electron chi connectivity index (χ3n) is 3.01. The van der Waals surface area contributed by atoms with Gasteiger partial charge in [0.15, 0.2) is 5.78 Å². The number of ether oxygens (including phenoxy) is 1. The number of hydrogen-bond acceptors (Lipinski definition) is 3. The Balaban J connectivity index is 2.30. The van der Waals surface area contributed by atoms with Crippen LogP contribution in [-0.2, 0) is 0 Å². The van der Waals surface area contributed by atoms with E-state index in [1.54, 1.807) is 24.3 Å². The molecule has 0 heterocycles. The second-order valence-corrected chi connectivity index (χ2v) is 5.09. The van der Waals surface area contributed by atoms with Crippen LogP contribution in [-0.4, -0.2) is 11.9 Å². The summed E-state index contributed by atoms with van der Waals surface area (Å²) >= 11 is 0. The topological polar surface area (TPSA) is 52.3 Å². The average Bonchev–Trinajstić information content (AvgIpc) is 2.40. The maximum Gasteiger partial charge on any atom is 0.193 e. The highest BCUT2D eigenvalue weighted by molar-refractivity contribution is 6.09. The second-order valence-electron chi connectivity index (χ2n) is 5.09. The van der Waals surface area contributed by atoms with E-state index in [-0.39, 0.29) is 11.9 Å². The molecule has 2 aromatic rings. The lowest BCUT2D eigenvalue weighted by atomic mass is 10.0. The van der Waals surface area contributed by atoms with Crippen molar-refractivity contribution in [3.8, 4) is 5.75 Å². The molecule has 0 saturated carbocycles. The van der Waals surface area contributed by atoms with E-state index >= 15 is 0 Å². The lowest BCUT2D eigenvalue weighted by Crippen LogP contribution is -2.07. The summed E-state index contributed by atoms with van der Waals surface area (Å²) in [4.78, 5) is 12.4. The van der Waals surface area contributed by atoms with Gasteiger partial charge >= 0.3 is 0 Å². The van der Waals surface area contributed by atoms with Crippen LogP contribution in [0.4, 0.5) is 5.69 Å². The zero-order chi connectivity index (χ0) is 14.7. The Kier molecular flexibility index (Phi) is 4.08. The van der Waals surface area contributed by atoms with Gasteiger partial charge in [-0.15, -0.1) is 0 Å². The molecule has 20 heavy (non-hydrogen) atoms. The first kappa shape index (κ1) is 14.1. The highest BCUT2D eigenvalue weighted by Gasteiger charge is 2.11. The van der Waals surface area contributed by atoms with E-state index in [0.717, 1.165) is 5.56 Å². The Labute approximate surface area is 119 Å². The summed E-state index contributed by atoms with van der Waals surface area (Å²) in [5, 5.41) is 0. The summed E-state index contributed by atoms with van der Waals surface area (Å²) in [6.45, 7) is 5.82. The first-order valence-corrected chi connectivity index (χ1v) is 6.65. The minimum atomic E-state index is -0.0501. The number of aryl methyl sites for hydroxylation is 1. The lowest BCUT2D eigenvalue weighted by molar-refractivity contribution is 0.103. The van der Waals surface area contributed by atoms with Crippen molar-refractivity contribution in [2.75, 3.05) is 5.73 Å². The van der Waals surface area contributed by atoms with E-state index in [4.69, 9.17) is 10.5 Å². The van der Waals surface area contributed by atoms with Gasteiger partial charge in [-0.2, -0.15) is 0 Å². The molecule has 2 rings (SSSR count). The van der Waals surface area contributed by atoms with E-state index in [9.17, 15) is 4.79 Å². The molecule has 0 aliphatic rings. The van der Waals surface area contributed by atoms with Gasteiger partial charge in [0, 0.05) is 16.8 Å². The van der Waals surface area contributed by atoms with E-state index in [0.29, 0.717) is 22.6 Å². The summed E-state index contributed by atoms with van der Waals surface area (Å²) in [5.74, 6) is 0.650. The molecule has 0 spiro atoms. The first-order valence-electron chi connectivity index (χ1n) is 6.65. The quantitative estimate of drug-likeness (QED) is 0.681. The lowest BCUT2D eigenvalue weighted by Gasteiger charge is -2.11. The molecular formula is C17H19NO2. The normalized spacial score (nSPS) is 10.6. The van der Waals surface area contributed by atoms with Crippen molar-refractivity contribution in [1.29, 1.82) is 0 Å². The van der Waals surface area contributed by atoms with Crippen molar-refractivity contribution in [2.24, 2.45) is 0 Å². The molecule has 104 valence electrons. The minimum Gasteiger partial charge on any atom is -0.491 e. The standard InChI is InChI=1S/C17H19NO2/c1-11(2)20-15-6-4-5-13(9-15)17(19)14-8-7-12(3)16(18)10-14/h4-11H,18H2,1-3H3. The van der Waals surface area contributed by atoms with Gasteiger partial charge in [0.25, 0.3) is 0 Å². The highest BCUT2D eigenvalue weighted by atomic mass is 16.5. The Morgan fingerprint density at radius 1 is 1.10 bits per heavy atom. The predicted octanol–water partition coefficient (Wildman–Crippen LogP) is 3.60. The number of anilines is 1. The number of benzene rings is 2. The van der Waals surface area contributed by atoms with Crippen LogP contribution in [0.2, 0.25) is 0 Å². The molecule has 3 heteroatoms. The highest BCUT2D eigenvalue weighted by Crippen LogP contribution is 2.20. The van der Waals surface area contributed by atoms with Crippen molar-refractivity contribution in [1.82, 2.24) is 0 Å². The molecule has 0 atom stereocenters. The number of carbonyl (C=O) groups excluding carboxylic acids is 1. The minimum absolute atomic E-state index is 0.0501. The van der Waals surface area contributed by atoms with Gasteiger partial charge in [-0.05, 0) is 44.5 Å². The van der Waals surface area contributed by atoms with E-state index < -0.39 is 0 Å². The van der Waals surface area contributed by atoms with Crippen molar-refractivity contribution in [2.45, 2.75) is 26.9 Å². The number of nitrogens with two attached hydrogens (primary N) is 1. The largest absolute Gasteiger partial charge is 0.491 e. The molecule has 2 aromatic carbocycles. The molecule has 3 nitrogen and oxygen atoms in total. The summed E-state index contributed by atoms with van der Waals surface area (Å²) in [6, 6.07) is 12.6. The monoisotopic (exact) mass is 269 g/mol. The first-order chi connectivity index (χ1) is 9.47. The summed E-state index contributed by atoms with van der Waals surface area (Å²) in [7, 11) is 0. The van der Waals surface area contributed by atoms with Crippen molar-refractivity contribution in [3.63, 3.8) is 0 Å². The fourth-order valence-electron chi connectivity index (χ4n) is 1.93. The van der Waals surface area contributed by atoms with Crippen LogP contribution in [0.25, 0.3) is 0 Å². The molecule has 0 bridgehead atoms. The number of nitrogen functional groups attached to an aromatic ring is 1. The van der Waals surface area contributed by atoms with Crippen LogP contribution in [0.3, 0.4) is 0 Å². The smallest absolute Gasteiger partial charge is 0.193 e. The van der Waals surface area contributed by atoms with Crippen molar-refractivity contribution >= 4 is 11.5 Å². The average molecular weight is 269 g/mol. The Bertz CT molecular complexity index is 633. The maximum atomic E-state index is 12.4. The fraction of sp³-hybridized carbons (Fsp3) is 0.235. The molecule has 0 fully saturated rings. The molecule has 0 saturated heterocycles. The third kappa shape index (κ3) is 3.18. The van der Waals surface area contributed by atoms with Crippen LogP contribution in [0, 0.1) is 6.92 Å². The fourth-order valence-corrected chi connectivity index (χ4v) is 1.93. The van der Waals surface area contributed by atoms with Crippen LogP contribution < -0.4 is 10.5 Å². The van der Waals surface area contributed by atoms with Crippen LogP contribution in [0.1, 0.15) is 35.3 Å². The summed E-state index contributed by atoms with van der Waals surface area (Å²) in [5.41, 5.74) is 8.65. The zero-order valence-corrected chi connectivity index (χ0v) is 12.0. The molecule has 0 amide bonds. The predicted molar refractivity (Wildman–Crippen MR) is 81.2 cm³/mol. The van der Waals surface area contributed by atoms with Gasteiger partial charge in [-0.25, -0.2) is 0 Å². The molecule has 0 radical (unpaired) electrons. The van der Waals surface area contributed by atoms with Crippen LogP contribution in [0.15, 0.2) is 42.5 Å². The maximum absolute atomic E-state index is 12.4. The van der Waals surface area contributed by atoms with Crippen molar-refractivity contribution < 1.29 is 9.53 Å². The van der Waals surface area contributed by atoms with Crippen LogP contribution >= 0.6 is 0 Å². The molecule has 0 unspecified atom stereocenters. The van der Waals surface area contributed by atoms with Gasteiger partial charge < -0.3 is 10.5 Å².